The standard InChI is InChI=1S/C10H11BrO2/c1-2-6-13-10-8(7-12)4-3-5-9(10)11/h2-5,12H,1,6-7H2. The molecule has 1 rings (SSSR count). The highest BCUT2D eigenvalue weighted by molar-refractivity contribution is 9.10. The Labute approximate surface area is 86.0 Å². The number of benzene rings is 1. The summed E-state index contributed by atoms with van der Waals surface area (Å²) in [6.07, 6.45) is 1.67. The fourth-order valence-corrected chi connectivity index (χ4v) is 1.50. The summed E-state index contributed by atoms with van der Waals surface area (Å²) in [5.74, 6) is 0.685. The van der Waals surface area contributed by atoms with Gasteiger partial charge in [0.2, 0.25) is 0 Å². The molecule has 0 fully saturated rings. The molecule has 0 atom stereocenters. The molecule has 0 saturated heterocycles. The average molecular weight is 243 g/mol. The van der Waals surface area contributed by atoms with Gasteiger partial charge < -0.3 is 9.84 Å². The van der Waals surface area contributed by atoms with E-state index in [0.717, 1.165) is 10.0 Å². The first-order chi connectivity index (χ1) is 6.29. The molecule has 1 aromatic carbocycles. The van der Waals surface area contributed by atoms with Crippen molar-refractivity contribution in [1.29, 1.82) is 0 Å². The minimum absolute atomic E-state index is 0.0219. The number of halogens is 1. The third-order valence-electron chi connectivity index (χ3n) is 1.56. The summed E-state index contributed by atoms with van der Waals surface area (Å²) >= 11 is 3.35. The lowest BCUT2D eigenvalue weighted by Gasteiger charge is -2.09. The van der Waals surface area contributed by atoms with Crippen molar-refractivity contribution < 1.29 is 9.84 Å². The molecule has 0 heterocycles. The minimum Gasteiger partial charge on any atom is -0.488 e. The van der Waals surface area contributed by atoms with E-state index in [0.29, 0.717) is 12.4 Å². The van der Waals surface area contributed by atoms with Crippen molar-refractivity contribution in [2.75, 3.05) is 6.61 Å². The highest BCUT2D eigenvalue weighted by atomic mass is 79.9. The molecule has 0 aromatic heterocycles. The van der Waals surface area contributed by atoms with Crippen LogP contribution in [-0.2, 0) is 6.61 Å². The first kappa shape index (κ1) is 10.3. The fraction of sp³-hybridized carbons (Fsp3) is 0.200. The van der Waals surface area contributed by atoms with Crippen molar-refractivity contribution in [3.05, 3.63) is 40.9 Å². The van der Waals surface area contributed by atoms with Crippen LogP contribution in [0.25, 0.3) is 0 Å². The summed E-state index contributed by atoms with van der Waals surface area (Å²) in [4.78, 5) is 0. The number of aliphatic hydroxyl groups is 1. The van der Waals surface area contributed by atoms with Gasteiger partial charge >= 0.3 is 0 Å². The zero-order valence-corrected chi connectivity index (χ0v) is 8.75. The van der Waals surface area contributed by atoms with Crippen LogP contribution in [0.3, 0.4) is 0 Å². The number of hydrogen-bond donors (Lipinski definition) is 1. The predicted octanol–water partition coefficient (Wildman–Crippen LogP) is 2.51. The second-order valence-electron chi connectivity index (χ2n) is 2.49. The summed E-state index contributed by atoms with van der Waals surface area (Å²) in [5, 5.41) is 9.02. The van der Waals surface area contributed by atoms with Gasteiger partial charge in [0.15, 0.2) is 0 Å². The number of rotatable bonds is 4. The van der Waals surface area contributed by atoms with Gasteiger partial charge in [-0.2, -0.15) is 0 Å². The van der Waals surface area contributed by atoms with Gasteiger partial charge in [-0.05, 0) is 22.0 Å². The van der Waals surface area contributed by atoms with Gasteiger partial charge in [0.05, 0.1) is 11.1 Å². The molecule has 1 aromatic rings. The number of aliphatic hydroxyl groups excluding tert-OH is 1. The summed E-state index contributed by atoms with van der Waals surface area (Å²) in [6, 6.07) is 5.55. The maximum atomic E-state index is 9.02. The molecule has 0 amide bonds. The first-order valence-electron chi connectivity index (χ1n) is 3.91. The normalized spacial score (nSPS) is 9.69. The SMILES string of the molecule is C=CCOc1c(Br)cccc1CO. The second-order valence-corrected chi connectivity index (χ2v) is 3.34. The van der Waals surface area contributed by atoms with Gasteiger partial charge in [0.25, 0.3) is 0 Å². The van der Waals surface area contributed by atoms with Gasteiger partial charge in [-0.1, -0.05) is 24.8 Å². The molecule has 0 aliphatic rings. The molecule has 1 N–H and O–H groups in total. The Morgan fingerprint density at radius 2 is 2.31 bits per heavy atom. The van der Waals surface area contributed by atoms with Gasteiger partial charge in [-0.3, -0.25) is 0 Å². The Bertz CT molecular complexity index is 297. The Hall–Kier alpha value is -0.800. The van der Waals surface area contributed by atoms with E-state index in [2.05, 4.69) is 22.5 Å². The summed E-state index contributed by atoms with van der Waals surface area (Å²) in [7, 11) is 0. The minimum atomic E-state index is -0.0219. The van der Waals surface area contributed by atoms with Gasteiger partial charge in [-0.15, -0.1) is 0 Å². The maximum absolute atomic E-state index is 9.02. The average Bonchev–Trinajstić information content (AvgIpc) is 2.15. The lowest BCUT2D eigenvalue weighted by atomic mass is 10.2. The fourth-order valence-electron chi connectivity index (χ4n) is 0.982. The van der Waals surface area contributed by atoms with Crippen molar-refractivity contribution in [3.8, 4) is 5.75 Å². The van der Waals surface area contributed by atoms with Crippen LogP contribution in [0.1, 0.15) is 5.56 Å². The molecule has 0 spiro atoms. The van der Waals surface area contributed by atoms with Gasteiger partial charge in [0, 0.05) is 5.56 Å². The Morgan fingerprint density at radius 1 is 1.54 bits per heavy atom. The zero-order valence-electron chi connectivity index (χ0n) is 7.16. The molecule has 2 nitrogen and oxygen atoms in total. The Balaban J connectivity index is 2.93. The molecule has 0 saturated carbocycles. The van der Waals surface area contributed by atoms with E-state index in [1.807, 2.05) is 18.2 Å². The summed E-state index contributed by atoms with van der Waals surface area (Å²) in [5.41, 5.74) is 0.774. The van der Waals surface area contributed by atoms with Crippen LogP contribution in [0.4, 0.5) is 0 Å². The Kier molecular flexibility index (Phi) is 3.99. The predicted molar refractivity (Wildman–Crippen MR) is 55.8 cm³/mol. The second kappa shape index (κ2) is 5.04. The van der Waals surface area contributed by atoms with E-state index in [-0.39, 0.29) is 6.61 Å². The Morgan fingerprint density at radius 3 is 2.92 bits per heavy atom. The van der Waals surface area contributed by atoms with Crippen LogP contribution < -0.4 is 4.74 Å². The summed E-state index contributed by atoms with van der Waals surface area (Å²) in [6.45, 7) is 3.98. The molecule has 70 valence electrons. The van der Waals surface area contributed by atoms with E-state index in [1.54, 1.807) is 6.08 Å². The van der Waals surface area contributed by atoms with E-state index in [9.17, 15) is 0 Å². The largest absolute Gasteiger partial charge is 0.488 e. The monoisotopic (exact) mass is 242 g/mol. The van der Waals surface area contributed by atoms with Crippen LogP contribution in [0.15, 0.2) is 35.3 Å². The molecule has 0 bridgehead atoms. The van der Waals surface area contributed by atoms with E-state index in [4.69, 9.17) is 9.84 Å². The number of para-hydroxylation sites is 1. The summed E-state index contributed by atoms with van der Waals surface area (Å²) < 4.78 is 6.23. The van der Waals surface area contributed by atoms with E-state index >= 15 is 0 Å². The molecular weight excluding hydrogens is 232 g/mol. The lowest BCUT2D eigenvalue weighted by molar-refractivity contribution is 0.269. The van der Waals surface area contributed by atoms with Crippen molar-refractivity contribution >= 4 is 15.9 Å². The number of ether oxygens (including phenoxy) is 1. The molecule has 0 radical (unpaired) electrons. The highest BCUT2D eigenvalue weighted by Gasteiger charge is 2.05. The zero-order chi connectivity index (χ0) is 9.68. The van der Waals surface area contributed by atoms with Crippen molar-refractivity contribution in [3.63, 3.8) is 0 Å². The lowest BCUT2D eigenvalue weighted by Crippen LogP contribution is -1.98. The quantitative estimate of drug-likeness (QED) is 0.823. The topological polar surface area (TPSA) is 29.5 Å². The molecular formula is C10H11BrO2. The smallest absolute Gasteiger partial charge is 0.139 e. The van der Waals surface area contributed by atoms with Crippen LogP contribution in [0.5, 0.6) is 5.75 Å². The third kappa shape index (κ3) is 2.57. The third-order valence-corrected chi connectivity index (χ3v) is 2.19. The van der Waals surface area contributed by atoms with Crippen LogP contribution in [-0.4, -0.2) is 11.7 Å². The molecule has 0 aliphatic heterocycles. The van der Waals surface area contributed by atoms with E-state index < -0.39 is 0 Å². The molecule has 13 heavy (non-hydrogen) atoms. The maximum Gasteiger partial charge on any atom is 0.139 e. The van der Waals surface area contributed by atoms with Crippen LogP contribution in [0.2, 0.25) is 0 Å². The van der Waals surface area contributed by atoms with E-state index in [1.165, 1.54) is 0 Å². The molecule has 0 aliphatic carbocycles. The van der Waals surface area contributed by atoms with Gasteiger partial charge in [0.1, 0.15) is 12.4 Å². The van der Waals surface area contributed by atoms with Gasteiger partial charge in [-0.25, -0.2) is 0 Å². The van der Waals surface area contributed by atoms with Crippen LogP contribution >= 0.6 is 15.9 Å². The van der Waals surface area contributed by atoms with Crippen molar-refractivity contribution in [2.24, 2.45) is 0 Å². The van der Waals surface area contributed by atoms with Crippen molar-refractivity contribution in [1.82, 2.24) is 0 Å². The van der Waals surface area contributed by atoms with Crippen LogP contribution in [0, 0.1) is 0 Å². The number of hydrogen-bond acceptors (Lipinski definition) is 2. The first-order valence-corrected chi connectivity index (χ1v) is 4.71. The molecule has 3 heteroatoms. The van der Waals surface area contributed by atoms with Crippen molar-refractivity contribution in [2.45, 2.75) is 6.61 Å². The molecule has 0 unspecified atom stereocenters. The highest BCUT2D eigenvalue weighted by Crippen LogP contribution is 2.28.